The fraction of sp³-hybridized carbons (Fsp3) is 0.368. The van der Waals surface area contributed by atoms with E-state index in [1.807, 2.05) is 0 Å². The molecule has 0 radical (unpaired) electrons. The molecule has 1 saturated heterocycles. The summed E-state index contributed by atoms with van der Waals surface area (Å²) in [5.74, 6) is 0. The molecule has 1 atom stereocenters. The minimum absolute atomic E-state index is 0.333. The molecule has 4 rings (SSSR count). The molecule has 2 aromatic carbocycles. The minimum atomic E-state index is -0.333. The number of halogens is 2. The Balaban J connectivity index is 1.75. The summed E-state index contributed by atoms with van der Waals surface area (Å²) in [5, 5.41) is 13.2. The molecule has 0 aliphatic carbocycles. The molecule has 3 aromatic rings. The molecule has 0 saturated carbocycles. The first-order valence-corrected chi connectivity index (χ1v) is 10.5. The second kappa shape index (κ2) is 7.09. The molecule has 5 heteroatoms. The van der Waals surface area contributed by atoms with E-state index in [1.54, 1.807) is 0 Å². The van der Waals surface area contributed by atoms with Gasteiger partial charge in [-0.1, -0.05) is 0 Å². The van der Waals surface area contributed by atoms with Crippen LogP contribution in [0.4, 0.5) is 0 Å². The lowest BCUT2D eigenvalue weighted by Gasteiger charge is -2.20. The van der Waals surface area contributed by atoms with Crippen molar-refractivity contribution in [2.75, 3.05) is 19.6 Å². The predicted molar refractivity (Wildman–Crippen MR) is 117 cm³/mol. The zero-order valence-corrected chi connectivity index (χ0v) is 17.7. The van der Waals surface area contributed by atoms with E-state index in [4.69, 9.17) is 0 Å². The lowest BCUT2D eigenvalue weighted by atomic mass is 10.2. The second-order valence-electron chi connectivity index (χ2n) is 6.60. The van der Waals surface area contributed by atoms with E-state index >= 15 is 0 Å². The van der Waals surface area contributed by atoms with Gasteiger partial charge in [0.2, 0.25) is 0 Å². The summed E-state index contributed by atoms with van der Waals surface area (Å²) in [4.78, 5) is 2.38. The van der Waals surface area contributed by atoms with Crippen molar-refractivity contribution in [1.29, 1.82) is 0 Å². The molecule has 3 nitrogen and oxygen atoms in total. The maximum absolute atomic E-state index is 10.6. The molecule has 126 valence electrons. The monoisotopic (exact) mass is 546 g/mol. The minimum Gasteiger partial charge on any atom is -0.390 e. The summed E-state index contributed by atoms with van der Waals surface area (Å²) in [6.45, 7) is 3.68. The van der Waals surface area contributed by atoms with Crippen molar-refractivity contribution < 1.29 is 5.11 Å². The Kier molecular flexibility index (Phi) is 5.04. The molecule has 1 aliphatic rings. The summed E-state index contributed by atoms with van der Waals surface area (Å²) in [6, 6.07) is 13.2. The summed E-state index contributed by atoms with van der Waals surface area (Å²) >= 11 is 4.74. The quantitative estimate of drug-likeness (QED) is 0.490. The van der Waals surface area contributed by atoms with E-state index in [0.717, 1.165) is 19.6 Å². The van der Waals surface area contributed by atoms with Crippen molar-refractivity contribution in [3.05, 3.63) is 43.5 Å². The highest BCUT2D eigenvalue weighted by Gasteiger charge is 2.18. The Labute approximate surface area is 169 Å². The molecule has 1 aliphatic heterocycles. The highest BCUT2D eigenvalue weighted by atomic mass is 127. The number of nitrogens with zero attached hydrogens (tertiary/aromatic N) is 2. The molecule has 1 aromatic heterocycles. The van der Waals surface area contributed by atoms with E-state index in [1.165, 1.54) is 41.8 Å². The Morgan fingerprint density at radius 3 is 1.96 bits per heavy atom. The predicted octanol–water partition coefficient (Wildman–Crippen LogP) is 4.46. The van der Waals surface area contributed by atoms with Crippen LogP contribution in [-0.4, -0.2) is 40.3 Å². The molecule has 2 heterocycles. The van der Waals surface area contributed by atoms with Crippen LogP contribution in [-0.2, 0) is 6.54 Å². The van der Waals surface area contributed by atoms with Gasteiger partial charge in [-0.15, -0.1) is 0 Å². The van der Waals surface area contributed by atoms with Crippen LogP contribution in [0.1, 0.15) is 12.8 Å². The van der Waals surface area contributed by atoms with Crippen molar-refractivity contribution in [2.45, 2.75) is 25.5 Å². The summed E-state index contributed by atoms with van der Waals surface area (Å²) in [5.41, 5.74) is 2.43. The number of aliphatic hydroxyl groups excluding tert-OH is 1. The normalized spacial score (nSPS) is 17.1. The molecule has 0 amide bonds. The molecule has 1 fully saturated rings. The van der Waals surface area contributed by atoms with Gasteiger partial charge in [0.1, 0.15) is 0 Å². The van der Waals surface area contributed by atoms with E-state index in [0.29, 0.717) is 6.54 Å². The van der Waals surface area contributed by atoms with Crippen molar-refractivity contribution >= 4 is 67.0 Å². The number of β-amino-alcohol motifs (C(OH)–C–C–N with tert-alkyl or cyclic N) is 1. The first kappa shape index (κ1) is 17.1. The fourth-order valence-corrected chi connectivity index (χ4v) is 4.76. The zero-order valence-electron chi connectivity index (χ0n) is 13.4. The maximum Gasteiger partial charge on any atom is 0.0845 e. The fourth-order valence-electron chi connectivity index (χ4n) is 3.78. The van der Waals surface area contributed by atoms with Crippen LogP contribution in [0.15, 0.2) is 36.4 Å². The van der Waals surface area contributed by atoms with Crippen molar-refractivity contribution in [3.8, 4) is 0 Å². The second-order valence-corrected chi connectivity index (χ2v) is 9.09. The summed E-state index contributed by atoms with van der Waals surface area (Å²) < 4.78 is 4.78. The van der Waals surface area contributed by atoms with Crippen LogP contribution >= 0.6 is 45.2 Å². The number of benzene rings is 2. The summed E-state index contributed by atoms with van der Waals surface area (Å²) in [6.07, 6.45) is 2.19. The van der Waals surface area contributed by atoms with Crippen molar-refractivity contribution in [1.82, 2.24) is 9.47 Å². The first-order chi connectivity index (χ1) is 11.6. The van der Waals surface area contributed by atoms with Crippen molar-refractivity contribution in [2.24, 2.45) is 0 Å². The van der Waals surface area contributed by atoms with Crippen LogP contribution < -0.4 is 0 Å². The van der Waals surface area contributed by atoms with Gasteiger partial charge in [-0.3, -0.25) is 0 Å². The smallest absolute Gasteiger partial charge is 0.0845 e. The first-order valence-electron chi connectivity index (χ1n) is 8.39. The number of likely N-dealkylation sites (tertiary alicyclic amines) is 1. The topological polar surface area (TPSA) is 28.4 Å². The van der Waals surface area contributed by atoms with Crippen molar-refractivity contribution in [3.63, 3.8) is 0 Å². The molecular formula is C19H20I2N2O. The third kappa shape index (κ3) is 3.32. The van der Waals surface area contributed by atoms with E-state index in [9.17, 15) is 5.11 Å². The van der Waals surface area contributed by atoms with Gasteiger partial charge in [0.25, 0.3) is 0 Å². The lowest BCUT2D eigenvalue weighted by Crippen LogP contribution is -2.32. The SMILES string of the molecule is O[C@H](CN1CCCC1)Cn1c2ccc(I)cc2c2cc(I)ccc21. The van der Waals surface area contributed by atoms with Crippen LogP contribution in [0.5, 0.6) is 0 Å². The van der Waals surface area contributed by atoms with Gasteiger partial charge in [0, 0.05) is 35.5 Å². The standard InChI is InChI=1S/C19H20I2N2O/c20-13-3-5-18-16(9-13)17-10-14(21)4-6-19(17)23(18)12-15(24)11-22-7-1-2-8-22/h3-6,9-10,15,24H,1-2,7-8,11-12H2/t15-/m1/s1. The Hall–Kier alpha value is -0.380. The highest BCUT2D eigenvalue weighted by Crippen LogP contribution is 2.31. The van der Waals surface area contributed by atoms with Crippen LogP contribution in [0.2, 0.25) is 0 Å². The average Bonchev–Trinajstić information content (AvgIpc) is 3.15. The third-order valence-electron chi connectivity index (χ3n) is 4.85. The van der Waals surface area contributed by atoms with Gasteiger partial charge in [0.15, 0.2) is 0 Å². The van der Waals surface area contributed by atoms with Crippen LogP contribution in [0.3, 0.4) is 0 Å². The number of aliphatic hydroxyl groups is 1. The molecular weight excluding hydrogens is 526 g/mol. The van der Waals surface area contributed by atoms with Gasteiger partial charge in [-0.05, 0) is 108 Å². The molecule has 0 unspecified atom stereocenters. The van der Waals surface area contributed by atoms with E-state index < -0.39 is 0 Å². The van der Waals surface area contributed by atoms with Crippen LogP contribution in [0, 0.1) is 7.14 Å². The largest absolute Gasteiger partial charge is 0.390 e. The number of hydrogen-bond acceptors (Lipinski definition) is 2. The van der Waals surface area contributed by atoms with Gasteiger partial charge in [-0.2, -0.15) is 0 Å². The van der Waals surface area contributed by atoms with Gasteiger partial charge in [-0.25, -0.2) is 0 Å². The molecule has 24 heavy (non-hydrogen) atoms. The Morgan fingerprint density at radius 2 is 1.42 bits per heavy atom. The molecule has 0 bridgehead atoms. The lowest BCUT2D eigenvalue weighted by molar-refractivity contribution is 0.111. The van der Waals surface area contributed by atoms with Crippen LogP contribution in [0.25, 0.3) is 21.8 Å². The van der Waals surface area contributed by atoms with Gasteiger partial charge in [0.05, 0.1) is 12.6 Å². The van der Waals surface area contributed by atoms with Gasteiger partial charge < -0.3 is 14.6 Å². The average molecular weight is 546 g/mol. The molecule has 1 N–H and O–H groups in total. The van der Waals surface area contributed by atoms with E-state index in [2.05, 4.69) is 91.0 Å². The summed E-state index contributed by atoms with van der Waals surface area (Å²) in [7, 11) is 0. The number of fused-ring (bicyclic) bond motifs is 3. The van der Waals surface area contributed by atoms with Gasteiger partial charge >= 0.3 is 0 Å². The Bertz CT molecular complexity index is 825. The highest BCUT2D eigenvalue weighted by molar-refractivity contribution is 14.1. The number of rotatable bonds is 4. The number of aromatic nitrogens is 1. The maximum atomic E-state index is 10.6. The Morgan fingerprint density at radius 1 is 0.875 bits per heavy atom. The molecule has 0 spiro atoms. The zero-order chi connectivity index (χ0) is 16.7. The number of hydrogen-bond donors (Lipinski definition) is 1. The van der Waals surface area contributed by atoms with E-state index in [-0.39, 0.29) is 6.10 Å². The third-order valence-corrected chi connectivity index (χ3v) is 6.19.